The highest BCUT2D eigenvalue weighted by Gasteiger charge is 2.21. The monoisotopic (exact) mass is 342 g/mol. The molecule has 134 valence electrons. The summed E-state index contributed by atoms with van der Waals surface area (Å²) in [6.45, 7) is 1.41. The van der Waals surface area contributed by atoms with Crippen LogP contribution in [0.2, 0.25) is 0 Å². The molecule has 2 amide bonds. The third-order valence-corrected chi connectivity index (χ3v) is 5.03. The van der Waals surface area contributed by atoms with Gasteiger partial charge in [0.1, 0.15) is 0 Å². The molecule has 0 bridgehead atoms. The zero-order valence-corrected chi connectivity index (χ0v) is 14.5. The lowest BCUT2D eigenvalue weighted by Gasteiger charge is -2.25. The SMILES string of the molecule is O=C(/C=C/c1ccc(N2CCCC2=O)cc1)NCC1CCCC(O)C1. The van der Waals surface area contributed by atoms with E-state index in [0.29, 0.717) is 18.9 Å². The van der Waals surface area contributed by atoms with E-state index in [2.05, 4.69) is 5.32 Å². The molecule has 3 rings (SSSR count). The van der Waals surface area contributed by atoms with Crippen molar-refractivity contribution in [1.29, 1.82) is 0 Å². The van der Waals surface area contributed by atoms with Crippen molar-refractivity contribution in [3.8, 4) is 0 Å². The first-order valence-corrected chi connectivity index (χ1v) is 9.16. The van der Waals surface area contributed by atoms with E-state index in [1.807, 2.05) is 24.3 Å². The first kappa shape index (κ1) is 17.7. The second kappa shape index (κ2) is 8.30. The van der Waals surface area contributed by atoms with Gasteiger partial charge in [-0.15, -0.1) is 0 Å². The maximum absolute atomic E-state index is 11.9. The Bertz CT molecular complexity index is 639. The Kier molecular flexibility index (Phi) is 5.87. The second-order valence-electron chi connectivity index (χ2n) is 7.01. The van der Waals surface area contributed by atoms with Crippen LogP contribution in [0, 0.1) is 5.92 Å². The fourth-order valence-corrected chi connectivity index (χ4v) is 3.61. The van der Waals surface area contributed by atoms with E-state index >= 15 is 0 Å². The minimum absolute atomic E-state index is 0.112. The van der Waals surface area contributed by atoms with Crippen LogP contribution in [0.4, 0.5) is 5.69 Å². The van der Waals surface area contributed by atoms with Crippen molar-refractivity contribution >= 4 is 23.6 Å². The summed E-state index contributed by atoms with van der Waals surface area (Å²) in [4.78, 5) is 25.5. The summed E-state index contributed by atoms with van der Waals surface area (Å²) in [5.41, 5.74) is 1.85. The van der Waals surface area contributed by atoms with Crippen LogP contribution in [-0.2, 0) is 9.59 Å². The number of amides is 2. The van der Waals surface area contributed by atoms with Gasteiger partial charge in [-0.3, -0.25) is 9.59 Å². The van der Waals surface area contributed by atoms with Gasteiger partial charge in [0.25, 0.3) is 0 Å². The van der Waals surface area contributed by atoms with E-state index in [4.69, 9.17) is 0 Å². The quantitative estimate of drug-likeness (QED) is 0.808. The molecule has 0 aromatic heterocycles. The van der Waals surface area contributed by atoms with Crippen LogP contribution in [0.15, 0.2) is 30.3 Å². The molecular formula is C20H26N2O3. The van der Waals surface area contributed by atoms with Gasteiger partial charge in [0.2, 0.25) is 11.8 Å². The molecule has 5 heteroatoms. The van der Waals surface area contributed by atoms with Crippen molar-refractivity contribution in [3.05, 3.63) is 35.9 Å². The van der Waals surface area contributed by atoms with E-state index in [1.54, 1.807) is 11.0 Å². The van der Waals surface area contributed by atoms with Crippen LogP contribution in [0.25, 0.3) is 6.08 Å². The number of hydrogen-bond acceptors (Lipinski definition) is 3. The third kappa shape index (κ3) is 4.92. The molecule has 1 saturated carbocycles. The van der Waals surface area contributed by atoms with Gasteiger partial charge in [-0.05, 0) is 55.4 Å². The van der Waals surface area contributed by atoms with Crippen molar-refractivity contribution in [1.82, 2.24) is 5.32 Å². The lowest BCUT2D eigenvalue weighted by atomic mass is 9.87. The summed E-state index contributed by atoms with van der Waals surface area (Å²) >= 11 is 0. The maximum atomic E-state index is 11.9. The highest BCUT2D eigenvalue weighted by Crippen LogP contribution is 2.23. The van der Waals surface area contributed by atoms with Crippen LogP contribution in [0.1, 0.15) is 44.1 Å². The van der Waals surface area contributed by atoms with Crippen LogP contribution in [0.3, 0.4) is 0 Å². The molecule has 25 heavy (non-hydrogen) atoms. The topological polar surface area (TPSA) is 69.6 Å². The number of rotatable bonds is 5. The van der Waals surface area contributed by atoms with Crippen molar-refractivity contribution in [2.75, 3.05) is 18.0 Å². The molecule has 0 spiro atoms. The lowest BCUT2D eigenvalue weighted by molar-refractivity contribution is -0.117. The number of aliphatic hydroxyl groups excluding tert-OH is 1. The fourth-order valence-electron chi connectivity index (χ4n) is 3.61. The minimum atomic E-state index is -0.216. The molecule has 1 heterocycles. The molecule has 2 unspecified atom stereocenters. The Labute approximate surface area is 148 Å². The molecular weight excluding hydrogens is 316 g/mol. The molecule has 1 aromatic rings. The van der Waals surface area contributed by atoms with Gasteiger partial charge in [-0.25, -0.2) is 0 Å². The number of nitrogens with zero attached hydrogens (tertiary/aromatic N) is 1. The molecule has 1 aromatic carbocycles. The third-order valence-electron chi connectivity index (χ3n) is 5.03. The smallest absolute Gasteiger partial charge is 0.244 e. The number of nitrogens with one attached hydrogen (secondary N) is 1. The van der Waals surface area contributed by atoms with Gasteiger partial charge < -0.3 is 15.3 Å². The molecule has 2 aliphatic rings. The Morgan fingerprint density at radius 3 is 2.72 bits per heavy atom. The Morgan fingerprint density at radius 1 is 1.24 bits per heavy atom. The van der Waals surface area contributed by atoms with Crippen LogP contribution < -0.4 is 10.2 Å². The van der Waals surface area contributed by atoms with Crippen molar-refractivity contribution in [2.24, 2.45) is 5.92 Å². The van der Waals surface area contributed by atoms with Crippen LogP contribution in [0.5, 0.6) is 0 Å². The average Bonchev–Trinajstić information content (AvgIpc) is 3.05. The van der Waals surface area contributed by atoms with Gasteiger partial charge >= 0.3 is 0 Å². The van der Waals surface area contributed by atoms with Gasteiger partial charge in [0.05, 0.1) is 6.10 Å². The van der Waals surface area contributed by atoms with E-state index in [9.17, 15) is 14.7 Å². The molecule has 2 fully saturated rings. The Balaban J connectivity index is 1.47. The lowest BCUT2D eigenvalue weighted by Crippen LogP contribution is -2.32. The highest BCUT2D eigenvalue weighted by atomic mass is 16.3. The number of hydrogen-bond donors (Lipinski definition) is 2. The zero-order valence-electron chi connectivity index (χ0n) is 14.5. The average molecular weight is 342 g/mol. The minimum Gasteiger partial charge on any atom is -0.393 e. The summed E-state index contributed by atoms with van der Waals surface area (Å²) in [7, 11) is 0. The predicted molar refractivity (Wildman–Crippen MR) is 98.0 cm³/mol. The van der Waals surface area contributed by atoms with Gasteiger partial charge in [0, 0.05) is 31.3 Å². The zero-order chi connectivity index (χ0) is 17.6. The molecule has 1 aliphatic heterocycles. The van der Waals surface area contributed by atoms with Crippen LogP contribution in [-0.4, -0.2) is 36.1 Å². The molecule has 0 radical (unpaired) electrons. The largest absolute Gasteiger partial charge is 0.393 e. The van der Waals surface area contributed by atoms with E-state index < -0.39 is 0 Å². The fraction of sp³-hybridized carbons (Fsp3) is 0.500. The Hall–Kier alpha value is -2.14. The summed E-state index contributed by atoms with van der Waals surface area (Å²) in [6, 6.07) is 7.68. The predicted octanol–water partition coefficient (Wildman–Crippen LogP) is 2.49. The van der Waals surface area contributed by atoms with E-state index in [1.165, 1.54) is 6.08 Å². The molecule has 2 atom stereocenters. The number of carbonyl (C=O) groups excluding carboxylic acids is 2. The van der Waals surface area contributed by atoms with Gasteiger partial charge in [-0.1, -0.05) is 18.6 Å². The first-order chi connectivity index (χ1) is 12.1. The number of carbonyl (C=O) groups is 2. The number of benzene rings is 1. The molecule has 1 saturated heterocycles. The van der Waals surface area contributed by atoms with Crippen molar-refractivity contribution in [2.45, 2.75) is 44.6 Å². The van der Waals surface area contributed by atoms with Gasteiger partial charge in [0.15, 0.2) is 0 Å². The van der Waals surface area contributed by atoms with Gasteiger partial charge in [-0.2, -0.15) is 0 Å². The maximum Gasteiger partial charge on any atom is 0.244 e. The standard InChI is InChI=1S/C20H26N2O3/c23-18-4-1-3-16(13-18)14-21-19(24)11-8-15-6-9-17(10-7-15)22-12-2-5-20(22)25/h6-11,16,18,23H,1-5,12-14H2,(H,21,24)/b11-8+. The summed E-state index contributed by atoms with van der Waals surface area (Å²) < 4.78 is 0. The Morgan fingerprint density at radius 2 is 2.04 bits per heavy atom. The summed E-state index contributed by atoms with van der Waals surface area (Å²) in [5.74, 6) is 0.438. The summed E-state index contributed by atoms with van der Waals surface area (Å²) in [6.07, 6.45) is 8.40. The summed E-state index contributed by atoms with van der Waals surface area (Å²) in [5, 5.41) is 12.6. The van der Waals surface area contributed by atoms with Crippen molar-refractivity contribution in [3.63, 3.8) is 0 Å². The van der Waals surface area contributed by atoms with Crippen LogP contribution >= 0.6 is 0 Å². The second-order valence-corrected chi connectivity index (χ2v) is 7.01. The highest BCUT2D eigenvalue weighted by molar-refractivity contribution is 5.95. The molecule has 1 aliphatic carbocycles. The van der Waals surface area contributed by atoms with Crippen molar-refractivity contribution < 1.29 is 14.7 Å². The molecule has 5 nitrogen and oxygen atoms in total. The number of anilines is 1. The van der Waals surface area contributed by atoms with E-state index in [-0.39, 0.29) is 17.9 Å². The molecule has 2 N–H and O–H groups in total. The first-order valence-electron chi connectivity index (χ1n) is 9.16. The number of aliphatic hydroxyl groups is 1. The normalized spacial score (nSPS) is 24.0. The van der Waals surface area contributed by atoms with E-state index in [0.717, 1.165) is 49.9 Å².